The molecule has 0 unspecified atom stereocenters. The molecule has 0 bridgehead atoms. The molecule has 3 rings (SSSR count). The molecule has 2 N–H and O–H groups in total. The van der Waals surface area contributed by atoms with Crippen LogP contribution in [0.4, 0.5) is 5.00 Å². The lowest BCUT2D eigenvalue weighted by Crippen LogP contribution is -2.32. The Bertz CT molecular complexity index is 847. The molecule has 0 fully saturated rings. The van der Waals surface area contributed by atoms with E-state index in [1.54, 1.807) is 0 Å². The minimum atomic E-state index is -0.313. The molecule has 2 heterocycles. The molecule has 1 aromatic carbocycles. The second-order valence-corrected chi connectivity index (χ2v) is 8.78. The molecular weight excluding hydrogens is 392 g/mol. The van der Waals surface area contributed by atoms with Gasteiger partial charge >= 0.3 is 5.97 Å². The largest absolute Gasteiger partial charge is 0.462 e. The zero-order valence-corrected chi connectivity index (χ0v) is 18.1. The second kappa shape index (κ2) is 9.03. The minimum absolute atomic E-state index is 0.305. The van der Waals surface area contributed by atoms with Crippen molar-refractivity contribution in [3.8, 4) is 0 Å². The van der Waals surface area contributed by atoms with E-state index in [1.165, 1.54) is 16.9 Å². The summed E-state index contributed by atoms with van der Waals surface area (Å²) in [5.74, 6) is -0.313. The molecule has 150 valence electrons. The van der Waals surface area contributed by atoms with Gasteiger partial charge in [-0.25, -0.2) is 4.79 Å². The number of carbonyl (C=O) groups is 1. The van der Waals surface area contributed by atoms with Gasteiger partial charge in [-0.3, -0.25) is 0 Å². The van der Waals surface area contributed by atoms with E-state index >= 15 is 0 Å². The third kappa shape index (κ3) is 5.10. The molecule has 28 heavy (non-hydrogen) atoms. The van der Waals surface area contributed by atoms with Crippen LogP contribution in [0.1, 0.15) is 47.1 Å². The Balaban J connectivity index is 1.71. The summed E-state index contributed by atoms with van der Waals surface area (Å²) in [6.07, 6.45) is 1.54. The van der Waals surface area contributed by atoms with Gasteiger partial charge in [0.05, 0.1) is 24.4 Å². The number of fused-ring (bicyclic) bond motifs is 1. The zero-order valence-electron chi connectivity index (χ0n) is 16.5. The smallest absolute Gasteiger partial charge is 0.341 e. The van der Waals surface area contributed by atoms with Crippen LogP contribution < -0.4 is 10.6 Å². The average molecular weight is 419 g/mol. The summed E-state index contributed by atoms with van der Waals surface area (Å²) >= 11 is 6.96. The van der Waals surface area contributed by atoms with Gasteiger partial charge in [-0.05, 0) is 50.5 Å². The Kier molecular flexibility index (Phi) is 6.69. The summed E-state index contributed by atoms with van der Waals surface area (Å²) in [7, 11) is 0. The Labute approximate surface area is 175 Å². The monoisotopic (exact) mass is 418 g/mol. The number of thiophene rings is 1. The van der Waals surface area contributed by atoms with E-state index in [-0.39, 0.29) is 11.6 Å². The van der Waals surface area contributed by atoms with E-state index in [2.05, 4.69) is 22.8 Å². The number of ether oxygens (including phenoxy) is 2. The third-order valence-electron chi connectivity index (χ3n) is 4.54. The molecular formula is C21H26N2O3S2. The van der Waals surface area contributed by atoms with Crippen LogP contribution in [0, 0.1) is 0 Å². The molecule has 1 aliphatic heterocycles. The Morgan fingerprint density at radius 1 is 1.32 bits per heavy atom. The van der Waals surface area contributed by atoms with Crippen molar-refractivity contribution in [2.75, 3.05) is 18.5 Å². The predicted octanol–water partition coefficient (Wildman–Crippen LogP) is 4.31. The first-order valence-electron chi connectivity index (χ1n) is 9.44. The van der Waals surface area contributed by atoms with Crippen molar-refractivity contribution >= 4 is 39.6 Å². The molecule has 0 atom stereocenters. The van der Waals surface area contributed by atoms with Crippen LogP contribution >= 0.6 is 23.6 Å². The number of hydrogen-bond donors (Lipinski definition) is 2. The number of benzene rings is 1. The van der Waals surface area contributed by atoms with Gasteiger partial charge in [-0.2, -0.15) is 0 Å². The SMILES string of the molecule is CCOC(=O)c1c(NC(=S)NCCc2ccccc2)sc2c1CC(C)(C)OC2. The molecule has 0 radical (unpaired) electrons. The second-order valence-electron chi connectivity index (χ2n) is 7.27. The lowest BCUT2D eigenvalue weighted by molar-refractivity contribution is -0.0384. The maximum atomic E-state index is 12.6. The number of carbonyl (C=O) groups excluding carboxylic acids is 1. The van der Waals surface area contributed by atoms with Crippen molar-refractivity contribution in [2.45, 2.75) is 45.8 Å². The first-order valence-corrected chi connectivity index (χ1v) is 10.7. The van der Waals surface area contributed by atoms with Gasteiger partial charge in [0.15, 0.2) is 5.11 Å². The van der Waals surface area contributed by atoms with Crippen LogP contribution in [0.3, 0.4) is 0 Å². The van der Waals surface area contributed by atoms with E-state index in [0.29, 0.717) is 36.9 Å². The van der Waals surface area contributed by atoms with Gasteiger partial charge in [0.25, 0.3) is 0 Å². The summed E-state index contributed by atoms with van der Waals surface area (Å²) in [6, 6.07) is 10.2. The van der Waals surface area contributed by atoms with Crippen molar-refractivity contribution < 1.29 is 14.3 Å². The van der Waals surface area contributed by atoms with Gasteiger partial charge in [-0.1, -0.05) is 30.3 Å². The van der Waals surface area contributed by atoms with Crippen molar-refractivity contribution in [3.63, 3.8) is 0 Å². The van der Waals surface area contributed by atoms with Crippen LogP contribution in [0.15, 0.2) is 30.3 Å². The lowest BCUT2D eigenvalue weighted by Gasteiger charge is -2.30. The summed E-state index contributed by atoms with van der Waals surface area (Å²) in [6.45, 7) is 7.42. The Morgan fingerprint density at radius 2 is 2.07 bits per heavy atom. The fourth-order valence-corrected chi connectivity index (χ4v) is 4.57. The highest BCUT2D eigenvalue weighted by atomic mass is 32.1. The van der Waals surface area contributed by atoms with E-state index < -0.39 is 0 Å². The number of rotatable bonds is 6. The molecule has 0 saturated heterocycles. The van der Waals surface area contributed by atoms with Crippen LogP contribution in [0.5, 0.6) is 0 Å². The molecule has 1 aromatic heterocycles. The summed E-state index contributed by atoms with van der Waals surface area (Å²) in [5.41, 5.74) is 2.54. The number of thiocarbonyl (C=S) groups is 1. The van der Waals surface area contributed by atoms with E-state index in [4.69, 9.17) is 21.7 Å². The first-order chi connectivity index (χ1) is 13.4. The Morgan fingerprint density at radius 3 is 2.79 bits per heavy atom. The number of esters is 1. The lowest BCUT2D eigenvalue weighted by atomic mass is 9.93. The zero-order chi connectivity index (χ0) is 20.1. The predicted molar refractivity (Wildman–Crippen MR) is 117 cm³/mol. The highest BCUT2D eigenvalue weighted by Crippen LogP contribution is 2.40. The van der Waals surface area contributed by atoms with E-state index in [0.717, 1.165) is 21.9 Å². The standard InChI is InChI=1S/C21H26N2O3S2/c1-4-25-19(24)17-15-12-21(2,3)26-13-16(15)28-18(17)23-20(27)22-11-10-14-8-6-5-7-9-14/h5-9H,4,10-13H2,1-3H3,(H2,22,23,27). The first kappa shape index (κ1) is 20.8. The normalized spacial score (nSPS) is 14.8. The Hall–Kier alpha value is -1.96. The van der Waals surface area contributed by atoms with Crippen LogP contribution in [-0.4, -0.2) is 29.8 Å². The molecule has 0 saturated carbocycles. The van der Waals surface area contributed by atoms with Crippen LogP contribution in [0.2, 0.25) is 0 Å². The summed E-state index contributed by atoms with van der Waals surface area (Å²) in [5, 5.41) is 7.65. The molecule has 5 nitrogen and oxygen atoms in total. The highest BCUT2D eigenvalue weighted by molar-refractivity contribution is 7.80. The van der Waals surface area contributed by atoms with Gasteiger partial charge < -0.3 is 20.1 Å². The highest BCUT2D eigenvalue weighted by Gasteiger charge is 2.34. The molecule has 0 spiro atoms. The maximum Gasteiger partial charge on any atom is 0.341 e. The third-order valence-corrected chi connectivity index (χ3v) is 5.90. The summed E-state index contributed by atoms with van der Waals surface area (Å²) in [4.78, 5) is 13.7. The van der Waals surface area contributed by atoms with Gasteiger partial charge in [0.2, 0.25) is 0 Å². The molecule has 7 heteroatoms. The van der Waals surface area contributed by atoms with Gasteiger partial charge in [0, 0.05) is 17.8 Å². The molecule has 0 amide bonds. The molecule has 0 aliphatic carbocycles. The number of anilines is 1. The van der Waals surface area contributed by atoms with Crippen molar-refractivity contribution in [2.24, 2.45) is 0 Å². The topological polar surface area (TPSA) is 59.6 Å². The van der Waals surface area contributed by atoms with Crippen molar-refractivity contribution in [1.82, 2.24) is 5.32 Å². The quantitative estimate of drug-likeness (QED) is 0.539. The van der Waals surface area contributed by atoms with Crippen molar-refractivity contribution in [3.05, 3.63) is 51.9 Å². The molecule has 1 aliphatic rings. The van der Waals surface area contributed by atoms with E-state index in [1.807, 2.05) is 39.0 Å². The van der Waals surface area contributed by atoms with Crippen LogP contribution in [0.25, 0.3) is 0 Å². The van der Waals surface area contributed by atoms with Gasteiger partial charge in [-0.15, -0.1) is 11.3 Å². The number of hydrogen-bond acceptors (Lipinski definition) is 5. The number of nitrogens with one attached hydrogen (secondary N) is 2. The fraction of sp³-hybridized carbons (Fsp3) is 0.429. The minimum Gasteiger partial charge on any atom is -0.462 e. The molecule has 2 aromatic rings. The summed E-state index contributed by atoms with van der Waals surface area (Å²) < 4.78 is 11.2. The van der Waals surface area contributed by atoms with Gasteiger partial charge in [0.1, 0.15) is 5.00 Å². The fourth-order valence-electron chi connectivity index (χ4n) is 3.17. The van der Waals surface area contributed by atoms with E-state index in [9.17, 15) is 4.79 Å². The van der Waals surface area contributed by atoms with Crippen LogP contribution in [-0.2, 0) is 28.9 Å². The average Bonchev–Trinajstić information content (AvgIpc) is 2.98. The maximum absolute atomic E-state index is 12.6. The van der Waals surface area contributed by atoms with Crippen molar-refractivity contribution in [1.29, 1.82) is 0 Å².